The molecule has 4 nitrogen and oxygen atoms in total. The molecule has 0 radical (unpaired) electrons. The zero-order chi connectivity index (χ0) is 10.1. The Balaban J connectivity index is 2.96. The van der Waals surface area contributed by atoms with Gasteiger partial charge in [0.05, 0.1) is 5.39 Å². The third kappa shape index (κ3) is 1.29. The van der Waals surface area contributed by atoms with Crippen LogP contribution in [0.2, 0.25) is 0 Å². The normalized spacial score (nSPS) is 10.4. The van der Waals surface area contributed by atoms with Crippen LogP contribution in [-0.4, -0.2) is 15.4 Å². The molecule has 2 aromatic rings. The van der Waals surface area contributed by atoms with Crippen LogP contribution in [0.5, 0.6) is 0 Å². The number of aromatic nitrogens is 2. The summed E-state index contributed by atoms with van der Waals surface area (Å²) in [7, 11) is 0. The first kappa shape index (κ1) is 8.90. The molecule has 0 aliphatic rings. The number of carbonyl (C=O) groups is 1. The number of aromatic amines is 1. The van der Waals surface area contributed by atoms with Crippen LogP contribution in [0.3, 0.4) is 0 Å². The third-order valence-corrected chi connectivity index (χ3v) is 2.06. The summed E-state index contributed by atoms with van der Waals surface area (Å²) in [4.78, 5) is 22.2. The number of hydrogen-bond acceptors (Lipinski definition) is 3. The SMILES string of the molecule is O=C(Cl)c1n[nH]c(=O)c2ccccc12. The Morgan fingerprint density at radius 2 is 1.93 bits per heavy atom. The second-order valence-corrected chi connectivity index (χ2v) is 3.06. The fourth-order valence-corrected chi connectivity index (χ4v) is 1.41. The summed E-state index contributed by atoms with van der Waals surface area (Å²) in [5.74, 6) is 0. The van der Waals surface area contributed by atoms with Gasteiger partial charge in [0.2, 0.25) is 0 Å². The number of benzene rings is 1. The van der Waals surface area contributed by atoms with E-state index in [4.69, 9.17) is 11.6 Å². The summed E-state index contributed by atoms with van der Waals surface area (Å²) in [6.45, 7) is 0. The van der Waals surface area contributed by atoms with Crippen molar-refractivity contribution < 1.29 is 4.79 Å². The van der Waals surface area contributed by atoms with Crippen molar-refractivity contribution in [1.82, 2.24) is 10.2 Å². The molecule has 2 rings (SSSR count). The van der Waals surface area contributed by atoms with E-state index in [1.165, 1.54) is 0 Å². The lowest BCUT2D eigenvalue weighted by Gasteiger charge is -1.98. The predicted octanol–water partition coefficient (Wildman–Crippen LogP) is 1.30. The summed E-state index contributed by atoms with van der Waals surface area (Å²) in [5.41, 5.74) is -0.260. The Hall–Kier alpha value is -1.68. The van der Waals surface area contributed by atoms with E-state index >= 15 is 0 Å². The van der Waals surface area contributed by atoms with Gasteiger partial charge >= 0.3 is 0 Å². The largest absolute Gasteiger partial charge is 0.274 e. The molecule has 0 spiro atoms. The fourth-order valence-electron chi connectivity index (χ4n) is 1.26. The highest BCUT2D eigenvalue weighted by atomic mass is 35.5. The second-order valence-electron chi connectivity index (χ2n) is 2.72. The lowest BCUT2D eigenvalue weighted by molar-refractivity contribution is 0.107. The highest BCUT2D eigenvalue weighted by molar-refractivity contribution is 6.68. The Morgan fingerprint density at radius 1 is 1.29 bits per heavy atom. The Kier molecular flexibility index (Phi) is 2.05. The molecular formula is C9H5ClN2O2. The lowest BCUT2D eigenvalue weighted by Crippen LogP contribution is -2.12. The number of nitrogens with zero attached hydrogens (tertiary/aromatic N) is 1. The maximum Gasteiger partial charge on any atom is 0.273 e. The molecule has 0 amide bonds. The average Bonchev–Trinajstić information content (AvgIpc) is 2.18. The Bertz CT molecular complexity index is 562. The van der Waals surface area contributed by atoms with E-state index in [1.54, 1.807) is 24.3 Å². The molecule has 0 unspecified atom stereocenters. The summed E-state index contributed by atoms with van der Waals surface area (Å²) in [5, 5.41) is 5.99. The van der Waals surface area contributed by atoms with Crippen LogP contribution in [0, 0.1) is 0 Å². The number of H-pyrrole nitrogens is 1. The van der Waals surface area contributed by atoms with Gasteiger partial charge in [-0.1, -0.05) is 18.2 Å². The average molecular weight is 209 g/mol. The van der Waals surface area contributed by atoms with Crippen molar-refractivity contribution in [3.05, 3.63) is 40.3 Å². The maximum absolute atomic E-state index is 11.3. The molecule has 14 heavy (non-hydrogen) atoms. The first-order valence-electron chi connectivity index (χ1n) is 3.87. The van der Waals surface area contributed by atoms with Crippen LogP contribution in [0.25, 0.3) is 10.8 Å². The van der Waals surface area contributed by atoms with Gasteiger partial charge in [0.1, 0.15) is 0 Å². The molecule has 70 valence electrons. The van der Waals surface area contributed by atoms with Gasteiger partial charge in [-0.25, -0.2) is 5.10 Å². The Labute approximate surface area is 83.5 Å². The van der Waals surface area contributed by atoms with Crippen LogP contribution in [0.4, 0.5) is 0 Å². The molecule has 5 heteroatoms. The van der Waals surface area contributed by atoms with Gasteiger partial charge in [-0.05, 0) is 17.7 Å². The van der Waals surface area contributed by atoms with Crippen molar-refractivity contribution in [3.63, 3.8) is 0 Å². The molecule has 1 N–H and O–H groups in total. The highest BCUT2D eigenvalue weighted by Crippen LogP contribution is 2.13. The quantitative estimate of drug-likeness (QED) is 0.719. The number of rotatable bonds is 1. The highest BCUT2D eigenvalue weighted by Gasteiger charge is 2.10. The number of carbonyl (C=O) groups excluding carboxylic acids is 1. The van der Waals surface area contributed by atoms with Crippen molar-refractivity contribution >= 4 is 27.6 Å². The molecule has 0 bridgehead atoms. The molecule has 1 heterocycles. The topological polar surface area (TPSA) is 62.8 Å². The standard InChI is InChI=1S/C9H5ClN2O2/c10-8(13)7-5-3-1-2-4-6(5)9(14)12-11-7/h1-4H,(H,12,14). The maximum atomic E-state index is 11.3. The van der Waals surface area contributed by atoms with Crippen molar-refractivity contribution in [2.75, 3.05) is 0 Å². The van der Waals surface area contributed by atoms with Crippen LogP contribution >= 0.6 is 11.6 Å². The van der Waals surface area contributed by atoms with Crippen molar-refractivity contribution in [1.29, 1.82) is 0 Å². The molecule has 0 saturated carbocycles. The number of halogens is 1. The first-order valence-corrected chi connectivity index (χ1v) is 4.25. The van der Waals surface area contributed by atoms with Gasteiger partial charge in [-0.15, -0.1) is 0 Å². The van der Waals surface area contributed by atoms with E-state index in [0.29, 0.717) is 10.8 Å². The van der Waals surface area contributed by atoms with Gasteiger partial charge in [0.15, 0.2) is 5.69 Å². The minimum atomic E-state index is -0.683. The van der Waals surface area contributed by atoms with E-state index in [9.17, 15) is 9.59 Å². The van der Waals surface area contributed by atoms with Gasteiger partial charge in [0, 0.05) is 5.39 Å². The summed E-state index contributed by atoms with van der Waals surface area (Å²) in [6, 6.07) is 6.67. The molecule has 0 aliphatic heterocycles. The molecule has 0 aliphatic carbocycles. The zero-order valence-electron chi connectivity index (χ0n) is 6.95. The summed E-state index contributed by atoms with van der Waals surface area (Å²) in [6.07, 6.45) is 0. The predicted molar refractivity (Wildman–Crippen MR) is 52.5 cm³/mol. The van der Waals surface area contributed by atoms with E-state index < -0.39 is 5.24 Å². The van der Waals surface area contributed by atoms with E-state index in [1.807, 2.05) is 0 Å². The van der Waals surface area contributed by atoms with E-state index in [2.05, 4.69) is 10.2 Å². The fraction of sp³-hybridized carbons (Fsp3) is 0. The van der Waals surface area contributed by atoms with Crippen molar-refractivity contribution in [2.24, 2.45) is 0 Å². The zero-order valence-corrected chi connectivity index (χ0v) is 7.71. The van der Waals surface area contributed by atoms with Gasteiger partial charge in [-0.3, -0.25) is 9.59 Å². The summed E-state index contributed by atoms with van der Waals surface area (Å²) >= 11 is 5.31. The van der Waals surface area contributed by atoms with Gasteiger partial charge < -0.3 is 0 Å². The van der Waals surface area contributed by atoms with E-state index in [0.717, 1.165) is 0 Å². The molecule has 0 fully saturated rings. The number of hydrogen-bond donors (Lipinski definition) is 1. The van der Waals surface area contributed by atoms with Gasteiger partial charge in [0.25, 0.3) is 10.8 Å². The van der Waals surface area contributed by atoms with Gasteiger partial charge in [-0.2, -0.15) is 5.10 Å². The lowest BCUT2D eigenvalue weighted by atomic mass is 10.1. The van der Waals surface area contributed by atoms with Crippen molar-refractivity contribution in [3.8, 4) is 0 Å². The monoisotopic (exact) mass is 208 g/mol. The van der Waals surface area contributed by atoms with Crippen LogP contribution in [0.1, 0.15) is 10.5 Å². The molecule has 1 aromatic heterocycles. The molecule has 0 atom stereocenters. The smallest absolute Gasteiger partial charge is 0.273 e. The van der Waals surface area contributed by atoms with Crippen LogP contribution in [-0.2, 0) is 0 Å². The number of fused-ring (bicyclic) bond motifs is 1. The minimum absolute atomic E-state index is 0.0712. The van der Waals surface area contributed by atoms with Crippen LogP contribution < -0.4 is 5.56 Å². The molecule has 1 aromatic carbocycles. The van der Waals surface area contributed by atoms with E-state index in [-0.39, 0.29) is 11.3 Å². The van der Waals surface area contributed by atoms with Crippen LogP contribution in [0.15, 0.2) is 29.1 Å². The number of nitrogens with one attached hydrogen (secondary N) is 1. The van der Waals surface area contributed by atoms with Crippen molar-refractivity contribution in [2.45, 2.75) is 0 Å². The summed E-state index contributed by atoms with van der Waals surface area (Å²) < 4.78 is 0. The molecular weight excluding hydrogens is 204 g/mol. The Morgan fingerprint density at radius 3 is 2.57 bits per heavy atom. The first-order chi connectivity index (χ1) is 6.70. The second kappa shape index (κ2) is 3.23. The molecule has 0 saturated heterocycles. The third-order valence-electron chi connectivity index (χ3n) is 1.88. The minimum Gasteiger partial charge on any atom is -0.274 e.